The van der Waals surface area contributed by atoms with E-state index in [0.717, 1.165) is 25.2 Å². The molecule has 2 fully saturated rings. The van der Waals surface area contributed by atoms with Gasteiger partial charge in [0, 0.05) is 19.1 Å². The molecular weight excluding hydrogens is 268 g/mol. The molecule has 0 bridgehead atoms. The fourth-order valence-electron chi connectivity index (χ4n) is 3.60. The molecule has 2 N–H and O–H groups in total. The zero-order valence-corrected chi connectivity index (χ0v) is 13.4. The summed E-state index contributed by atoms with van der Waals surface area (Å²) in [7, 11) is 0. The smallest absolute Gasteiger partial charge is 0.317 e. The van der Waals surface area contributed by atoms with Gasteiger partial charge in [-0.3, -0.25) is 4.79 Å². The van der Waals surface area contributed by atoms with Crippen LogP contribution < -0.4 is 5.32 Å². The Balaban J connectivity index is 1.89. The quantitative estimate of drug-likeness (QED) is 0.841. The Morgan fingerprint density at radius 3 is 2.52 bits per heavy atom. The molecule has 2 rings (SSSR count). The molecule has 1 aliphatic carbocycles. The Hall–Kier alpha value is -1.26. The zero-order chi connectivity index (χ0) is 15.6. The summed E-state index contributed by atoms with van der Waals surface area (Å²) in [4.78, 5) is 25.5. The van der Waals surface area contributed by atoms with E-state index < -0.39 is 11.4 Å². The average molecular weight is 296 g/mol. The molecule has 0 aromatic heterocycles. The second-order valence-corrected chi connectivity index (χ2v) is 7.02. The molecule has 1 aliphatic heterocycles. The van der Waals surface area contributed by atoms with E-state index in [1.54, 1.807) is 4.90 Å². The van der Waals surface area contributed by atoms with Crippen LogP contribution in [0.4, 0.5) is 4.79 Å². The van der Waals surface area contributed by atoms with Crippen LogP contribution in [0.5, 0.6) is 0 Å². The number of carboxylic acids is 1. The highest BCUT2D eigenvalue weighted by atomic mass is 16.4. The van der Waals surface area contributed by atoms with Crippen molar-refractivity contribution in [1.82, 2.24) is 10.2 Å². The van der Waals surface area contributed by atoms with Crippen LogP contribution in [0.3, 0.4) is 0 Å². The van der Waals surface area contributed by atoms with Crippen LogP contribution in [0, 0.1) is 17.3 Å². The van der Waals surface area contributed by atoms with E-state index in [1.165, 1.54) is 0 Å². The predicted molar refractivity (Wildman–Crippen MR) is 81.0 cm³/mol. The third-order valence-electron chi connectivity index (χ3n) is 5.70. The standard InChI is InChI=1S/C16H28N2O3/c1-4-16(14(19)20)7-8-18(10-16)15(21)17-13-6-5-11(2)12(3)9-13/h11-13H,4-10H2,1-3H3,(H,17,21)(H,19,20). The van der Waals surface area contributed by atoms with Crippen LogP contribution >= 0.6 is 0 Å². The summed E-state index contributed by atoms with van der Waals surface area (Å²) in [5.74, 6) is 0.585. The fourth-order valence-corrected chi connectivity index (χ4v) is 3.60. The molecule has 0 radical (unpaired) electrons. The van der Waals surface area contributed by atoms with Gasteiger partial charge in [0.25, 0.3) is 0 Å². The van der Waals surface area contributed by atoms with Crippen molar-refractivity contribution in [3.05, 3.63) is 0 Å². The number of amides is 2. The molecule has 5 heteroatoms. The summed E-state index contributed by atoms with van der Waals surface area (Å²) in [6.07, 6.45) is 4.34. The number of likely N-dealkylation sites (tertiary alicyclic amines) is 1. The third kappa shape index (κ3) is 3.33. The molecule has 120 valence electrons. The van der Waals surface area contributed by atoms with Crippen LogP contribution in [0.2, 0.25) is 0 Å². The summed E-state index contributed by atoms with van der Waals surface area (Å²) >= 11 is 0. The first-order valence-electron chi connectivity index (χ1n) is 8.17. The van der Waals surface area contributed by atoms with Gasteiger partial charge in [-0.1, -0.05) is 20.8 Å². The molecule has 0 aromatic rings. The van der Waals surface area contributed by atoms with Gasteiger partial charge in [-0.25, -0.2) is 4.79 Å². The maximum absolute atomic E-state index is 12.3. The van der Waals surface area contributed by atoms with Gasteiger partial charge >= 0.3 is 12.0 Å². The first-order valence-corrected chi connectivity index (χ1v) is 8.17. The van der Waals surface area contributed by atoms with Gasteiger partial charge in [-0.15, -0.1) is 0 Å². The fraction of sp³-hybridized carbons (Fsp3) is 0.875. The Kier molecular flexibility index (Phi) is 4.79. The molecule has 0 spiro atoms. The number of carbonyl (C=O) groups excluding carboxylic acids is 1. The minimum absolute atomic E-state index is 0.0849. The number of rotatable bonds is 3. The molecule has 1 saturated heterocycles. The lowest BCUT2D eigenvalue weighted by Gasteiger charge is -2.33. The summed E-state index contributed by atoms with van der Waals surface area (Å²) in [6.45, 7) is 7.28. The maximum Gasteiger partial charge on any atom is 0.317 e. The van der Waals surface area contributed by atoms with E-state index in [4.69, 9.17) is 0 Å². The molecule has 4 unspecified atom stereocenters. The monoisotopic (exact) mass is 296 g/mol. The zero-order valence-electron chi connectivity index (χ0n) is 13.4. The van der Waals surface area contributed by atoms with Gasteiger partial charge in [0.05, 0.1) is 5.41 Å². The number of nitrogens with zero attached hydrogens (tertiary/aromatic N) is 1. The van der Waals surface area contributed by atoms with Gasteiger partial charge in [0.1, 0.15) is 0 Å². The highest BCUT2D eigenvalue weighted by Crippen LogP contribution is 2.34. The Morgan fingerprint density at radius 2 is 2.00 bits per heavy atom. The van der Waals surface area contributed by atoms with Crippen LogP contribution in [-0.4, -0.2) is 41.1 Å². The number of nitrogens with one attached hydrogen (secondary N) is 1. The summed E-state index contributed by atoms with van der Waals surface area (Å²) in [6, 6.07) is 0.156. The number of hydrogen-bond acceptors (Lipinski definition) is 2. The van der Waals surface area contributed by atoms with Crippen LogP contribution in [0.25, 0.3) is 0 Å². The lowest BCUT2D eigenvalue weighted by molar-refractivity contribution is -0.148. The summed E-state index contributed by atoms with van der Waals surface area (Å²) in [5, 5.41) is 12.5. The van der Waals surface area contributed by atoms with Crippen molar-refractivity contribution in [2.75, 3.05) is 13.1 Å². The third-order valence-corrected chi connectivity index (χ3v) is 5.70. The van der Waals surface area contributed by atoms with Crippen molar-refractivity contribution in [3.8, 4) is 0 Å². The Bertz CT molecular complexity index is 412. The Labute approximate surface area is 127 Å². The molecule has 4 atom stereocenters. The van der Waals surface area contributed by atoms with Gasteiger partial charge < -0.3 is 15.3 Å². The second kappa shape index (κ2) is 6.24. The number of hydrogen-bond donors (Lipinski definition) is 2. The van der Waals surface area contributed by atoms with E-state index in [0.29, 0.717) is 31.8 Å². The topological polar surface area (TPSA) is 69.6 Å². The minimum atomic E-state index is -0.777. The molecule has 2 amide bonds. The Morgan fingerprint density at radius 1 is 1.29 bits per heavy atom. The summed E-state index contributed by atoms with van der Waals surface area (Å²) < 4.78 is 0. The van der Waals surface area contributed by atoms with Crippen molar-refractivity contribution in [1.29, 1.82) is 0 Å². The van der Waals surface area contributed by atoms with Crippen molar-refractivity contribution in [3.63, 3.8) is 0 Å². The highest BCUT2D eigenvalue weighted by molar-refractivity contribution is 5.79. The number of carboxylic acid groups (broad SMARTS) is 1. The van der Waals surface area contributed by atoms with Gasteiger partial charge in [0.15, 0.2) is 0 Å². The van der Waals surface area contributed by atoms with Crippen molar-refractivity contribution >= 4 is 12.0 Å². The minimum Gasteiger partial charge on any atom is -0.481 e. The van der Waals surface area contributed by atoms with E-state index >= 15 is 0 Å². The lowest BCUT2D eigenvalue weighted by Crippen LogP contribution is -2.47. The second-order valence-electron chi connectivity index (χ2n) is 7.02. The van der Waals surface area contributed by atoms with E-state index in [2.05, 4.69) is 19.2 Å². The molecule has 1 heterocycles. The van der Waals surface area contributed by atoms with E-state index in [9.17, 15) is 14.7 Å². The normalized spacial score (nSPS) is 36.5. The molecular formula is C16H28N2O3. The van der Waals surface area contributed by atoms with Gasteiger partial charge in [-0.2, -0.15) is 0 Å². The largest absolute Gasteiger partial charge is 0.481 e. The van der Waals surface area contributed by atoms with E-state index in [-0.39, 0.29) is 12.1 Å². The van der Waals surface area contributed by atoms with Crippen LogP contribution in [0.1, 0.15) is 52.9 Å². The maximum atomic E-state index is 12.3. The molecule has 5 nitrogen and oxygen atoms in total. The van der Waals surface area contributed by atoms with E-state index in [1.807, 2.05) is 6.92 Å². The lowest BCUT2D eigenvalue weighted by atomic mass is 9.79. The van der Waals surface area contributed by atoms with Crippen LogP contribution in [0.15, 0.2) is 0 Å². The van der Waals surface area contributed by atoms with Crippen molar-refractivity contribution < 1.29 is 14.7 Å². The molecule has 0 aromatic carbocycles. The van der Waals surface area contributed by atoms with Crippen LogP contribution in [-0.2, 0) is 4.79 Å². The van der Waals surface area contributed by atoms with Crippen molar-refractivity contribution in [2.45, 2.75) is 58.9 Å². The number of urea groups is 1. The molecule has 1 saturated carbocycles. The molecule has 21 heavy (non-hydrogen) atoms. The number of aliphatic carboxylic acids is 1. The molecule has 2 aliphatic rings. The summed E-state index contributed by atoms with van der Waals surface area (Å²) in [5.41, 5.74) is -0.744. The SMILES string of the molecule is CCC1(C(=O)O)CCN(C(=O)NC2CCC(C)C(C)C2)C1. The van der Waals surface area contributed by atoms with Gasteiger partial charge in [0.2, 0.25) is 0 Å². The first kappa shape index (κ1) is 16.1. The van der Waals surface area contributed by atoms with Gasteiger partial charge in [-0.05, 0) is 43.9 Å². The number of carbonyl (C=O) groups is 2. The first-order chi connectivity index (χ1) is 9.88. The van der Waals surface area contributed by atoms with Crippen molar-refractivity contribution in [2.24, 2.45) is 17.3 Å². The average Bonchev–Trinajstić information content (AvgIpc) is 2.89. The highest BCUT2D eigenvalue weighted by Gasteiger charge is 2.45. The predicted octanol–water partition coefficient (Wildman–Crippen LogP) is 2.71.